The fraction of sp³-hybridized carbons (Fsp3) is 0.353. The molecule has 2 N–H and O–H groups in total. The molecule has 0 aliphatic heterocycles. The second kappa shape index (κ2) is 9.78. The van der Waals surface area contributed by atoms with Gasteiger partial charge in [0.2, 0.25) is 5.95 Å². The average Bonchev–Trinajstić information content (AvgIpc) is 2.66. The molecule has 1 aromatic heterocycles. The van der Waals surface area contributed by atoms with Crippen LogP contribution in [0.4, 0.5) is 10.7 Å². The molecule has 29 heavy (non-hydrogen) atoms. The second-order valence-electron chi connectivity index (χ2n) is 5.74. The van der Waals surface area contributed by atoms with Crippen LogP contribution >= 0.6 is 0 Å². The van der Waals surface area contributed by atoms with E-state index in [0.717, 1.165) is 20.0 Å². The number of carbonyl (C=O) groups is 2. The summed E-state index contributed by atoms with van der Waals surface area (Å²) in [5, 5.41) is 2.21. The van der Waals surface area contributed by atoms with Crippen molar-refractivity contribution in [2.45, 2.75) is 31.6 Å². The number of hydrogen-bond acceptors (Lipinski definition) is 9. The van der Waals surface area contributed by atoms with E-state index >= 15 is 0 Å². The zero-order chi connectivity index (χ0) is 21.4. The van der Waals surface area contributed by atoms with Crippen LogP contribution in [0, 0.1) is 6.92 Å². The topological polar surface area (TPSA) is 149 Å². The van der Waals surface area contributed by atoms with Gasteiger partial charge in [0.25, 0.3) is 10.0 Å². The number of anilines is 1. The maximum atomic E-state index is 12.5. The summed E-state index contributed by atoms with van der Waals surface area (Å²) < 4.78 is 36.8. The van der Waals surface area contributed by atoms with Crippen LogP contribution < -0.4 is 14.8 Å². The third-order valence-electron chi connectivity index (χ3n) is 3.49. The normalized spacial score (nSPS) is 10.9. The Balaban J connectivity index is 2.16. The minimum absolute atomic E-state index is 0.0140. The lowest BCUT2D eigenvalue weighted by Gasteiger charge is -2.11. The Morgan fingerprint density at radius 1 is 1.14 bits per heavy atom. The van der Waals surface area contributed by atoms with E-state index in [1.54, 1.807) is 11.6 Å². The van der Waals surface area contributed by atoms with Gasteiger partial charge in [0.05, 0.1) is 19.3 Å². The first-order valence-corrected chi connectivity index (χ1v) is 10.1. The van der Waals surface area contributed by atoms with Crippen molar-refractivity contribution in [2.75, 3.05) is 19.0 Å². The van der Waals surface area contributed by atoms with Gasteiger partial charge in [0, 0.05) is 0 Å². The highest BCUT2D eigenvalue weighted by Crippen LogP contribution is 2.16. The lowest BCUT2D eigenvalue weighted by molar-refractivity contribution is 0.0596. The van der Waals surface area contributed by atoms with Gasteiger partial charge in [-0.05, 0) is 25.5 Å². The molecular formula is C17H21N5O6S. The number of amides is 2. The smallest absolute Gasteiger partial charge is 0.339 e. The first kappa shape index (κ1) is 22.0. The fourth-order valence-electron chi connectivity index (χ4n) is 2.17. The maximum Gasteiger partial charge on any atom is 0.339 e. The molecule has 0 aliphatic carbocycles. The molecular weight excluding hydrogens is 402 g/mol. The third kappa shape index (κ3) is 6.10. The van der Waals surface area contributed by atoms with Gasteiger partial charge in [-0.3, -0.25) is 5.32 Å². The molecule has 1 heterocycles. The van der Waals surface area contributed by atoms with Crippen LogP contribution in [0.5, 0.6) is 6.01 Å². The van der Waals surface area contributed by atoms with Crippen LogP contribution in [-0.2, 0) is 14.8 Å². The summed E-state index contributed by atoms with van der Waals surface area (Å²) in [6, 6.07) is 4.23. The number of unbranched alkanes of at least 4 members (excludes halogenated alkanes) is 1. The number of hydrogen-bond donors (Lipinski definition) is 2. The summed E-state index contributed by atoms with van der Waals surface area (Å²) in [6.07, 6.45) is 1.72. The predicted octanol–water partition coefficient (Wildman–Crippen LogP) is 1.66. The molecule has 0 saturated carbocycles. The van der Waals surface area contributed by atoms with Gasteiger partial charge in [-0.1, -0.05) is 25.5 Å². The maximum absolute atomic E-state index is 12.5. The van der Waals surface area contributed by atoms with Crippen LogP contribution in [0.1, 0.15) is 35.9 Å². The molecule has 0 atom stereocenters. The van der Waals surface area contributed by atoms with Crippen LogP contribution in [0.25, 0.3) is 0 Å². The van der Waals surface area contributed by atoms with Crippen LogP contribution in [0.15, 0.2) is 29.2 Å². The SMILES string of the molecule is CCCCOc1nc(C)nc(NC(=O)NS(=O)(=O)c2ccccc2C(=O)OC)n1. The van der Waals surface area contributed by atoms with E-state index < -0.39 is 26.9 Å². The van der Waals surface area contributed by atoms with E-state index in [-0.39, 0.29) is 23.3 Å². The molecule has 0 aliphatic rings. The highest BCUT2D eigenvalue weighted by atomic mass is 32.2. The summed E-state index contributed by atoms with van der Waals surface area (Å²) in [5.74, 6) is -0.757. The molecule has 0 fully saturated rings. The molecule has 0 saturated heterocycles. The highest BCUT2D eigenvalue weighted by Gasteiger charge is 2.25. The monoisotopic (exact) mass is 423 g/mol. The number of ether oxygens (including phenoxy) is 2. The number of aryl methyl sites for hydroxylation is 1. The first-order valence-electron chi connectivity index (χ1n) is 8.63. The van der Waals surface area contributed by atoms with Crippen molar-refractivity contribution in [2.24, 2.45) is 0 Å². The summed E-state index contributed by atoms with van der Waals surface area (Å²) in [6.45, 7) is 3.96. The van der Waals surface area contributed by atoms with E-state index in [1.165, 1.54) is 24.3 Å². The summed E-state index contributed by atoms with van der Waals surface area (Å²) >= 11 is 0. The van der Waals surface area contributed by atoms with Crippen LogP contribution in [0.2, 0.25) is 0 Å². The Labute approximate surface area is 167 Å². The molecule has 2 rings (SSSR count). The van der Waals surface area contributed by atoms with Crippen molar-refractivity contribution in [1.29, 1.82) is 0 Å². The predicted molar refractivity (Wildman–Crippen MR) is 102 cm³/mol. The summed E-state index contributed by atoms with van der Waals surface area (Å²) in [5.41, 5.74) is -0.210. The van der Waals surface area contributed by atoms with Crippen LogP contribution in [0.3, 0.4) is 0 Å². The number of methoxy groups -OCH3 is 1. The molecule has 1 aromatic carbocycles. The Morgan fingerprint density at radius 2 is 1.86 bits per heavy atom. The first-order chi connectivity index (χ1) is 13.8. The minimum atomic E-state index is -4.37. The molecule has 12 heteroatoms. The number of urea groups is 1. The van der Waals surface area contributed by atoms with E-state index in [2.05, 4.69) is 25.0 Å². The average molecular weight is 423 g/mol. The minimum Gasteiger partial charge on any atom is -0.465 e. The lowest BCUT2D eigenvalue weighted by atomic mass is 10.2. The second-order valence-corrected chi connectivity index (χ2v) is 7.39. The fourth-order valence-corrected chi connectivity index (χ4v) is 3.27. The van der Waals surface area contributed by atoms with Gasteiger partial charge in [-0.2, -0.15) is 15.0 Å². The van der Waals surface area contributed by atoms with Crippen molar-refractivity contribution in [3.05, 3.63) is 35.7 Å². The zero-order valence-corrected chi connectivity index (χ0v) is 16.9. The number of rotatable bonds is 8. The Bertz CT molecular complexity index is 996. The number of nitrogens with one attached hydrogen (secondary N) is 2. The van der Waals surface area contributed by atoms with Gasteiger partial charge in [-0.25, -0.2) is 22.7 Å². The Hall–Kier alpha value is -3.28. The van der Waals surface area contributed by atoms with Gasteiger partial charge >= 0.3 is 18.0 Å². The quantitative estimate of drug-likeness (QED) is 0.477. The Kier molecular flexibility index (Phi) is 7.42. The molecule has 2 aromatic rings. The number of carbonyl (C=O) groups excluding carboxylic acids is 2. The molecule has 0 spiro atoms. The molecule has 0 bridgehead atoms. The number of nitrogens with zero attached hydrogens (tertiary/aromatic N) is 3. The molecule has 0 radical (unpaired) electrons. The van der Waals surface area contributed by atoms with E-state index in [4.69, 9.17) is 4.74 Å². The summed E-state index contributed by atoms with van der Waals surface area (Å²) in [4.78, 5) is 35.4. The summed E-state index contributed by atoms with van der Waals surface area (Å²) in [7, 11) is -3.25. The molecule has 2 amide bonds. The largest absolute Gasteiger partial charge is 0.465 e. The van der Waals surface area contributed by atoms with Crippen molar-refractivity contribution in [3.63, 3.8) is 0 Å². The number of benzene rings is 1. The van der Waals surface area contributed by atoms with Crippen molar-refractivity contribution >= 4 is 28.0 Å². The van der Waals surface area contributed by atoms with E-state index in [0.29, 0.717) is 6.61 Å². The Morgan fingerprint density at radius 3 is 2.55 bits per heavy atom. The van der Waals surface area contributed by atoms with Gasteiger partial charge in [-0.15, -0.1) is 0 Å². The molecule has 11 nitrogen and oxygen atoms in total. The van der Waals surface area contributed by atoms with Crippen molar-refractivity contribution < 1.29 is 27.5 Å². The van der Waals surface area contributed by atoms with Crippen molar-refractivity contribution in [3.8, 4) is 6.01 Å². The zero-order valence-electron chi connectivity index (χ0n) is 16.1. The van der Waals surface area contributed by atoms with Gasteiger partial charge < -0.3 is 9.47 Å². The van der Waals surface area contributed by atoms with E-state index in [9.17, 15) is 18.0 Å². The van der Waals surface area contributed by atoms with Crippen molar-refractivity contribution in [1.82, 2.24) is 19.7 Å². The lowest BCUT2D eigenvalue weighted by Crippen LogP contribution is -2.35. The van der Waals surface area contributed by atoms with Gasteiger partial charge in [0.1, 0.15) is 10.7 Å². The molecule has 156 valence electrons. The van der Waals surface area contributed by atoms with E-state index in [1.807, 2.05) is 6.92 Å². The third-order valence-corrected chi connectivity index (χ3v) is 4.88. The standard InChI is InChI=1S/C17H21N5O6S/c1-4-5-10-28-17-19-11(2)18-15(21-17)20-16(24)22-29(25,26)13-9-7-6-8-12(13)14(23)27-3/h6-9H,4-5,10H2,1-3H3,(H2,18,19,20,21,22,24). The number of sulfonamides is 1. The molecule has 0 unspecified atom stereocenters. The van der Waals surface area contributed by atoms with Crippen LogP contribution in [-0.4, -0.2) is 49.1 Å². The number of aromatic nitrogens is 3. The van der Waals surface area contributed by atoms with Gasteiger partial charge in [0.15, 0.2) is 0 Å². The highest BCUT2D eigenvalue weighted by molar-refractivity contribution is 7.90. The number of esters is 1.